The van der Waals surface area contributed by atoms with Crippen LogP contribution in [0.25, 0.3) is 5.76 Å². The molecule has 7 nitrogen and oxygen atoms in total. The minimum atomic E-state index is -0.777. The first-order valence-corrected chi connectivity index (χ1v) is 11.3. The number of hydrogen-bond donors (Lipinski definition) is 1. The normalized spacial score (nSPS) is 17.4. The highest BCUT2D eigenvalue weighted by atomic mass is 35.5. The summed E-state index contributed by atoms with van der Waals surface area (Å²) in [6.45, 7) is 6.80. The van der Waals surface area contributed by atoms with E-state index in [-0.39, 0.29) is 11.3 Å². The number of ether oxygens (including phenoxy) is 3. The lowest BCUT2D eigenvalue weighted by Gasteiger charge is -2.25. The second kappa shape index (κ2) is 10.6. The van der Waals surface area contributed by atoms with Crippen molar-refractivity contribution in [2.45, 2.75) is 33.2 Å². The fourth-order valence-electron chi connectivity index (χ4n) is 3.90. The predicted octanol–water partition coefficient (Wildman–Crippen LogP) is 4.98. The van der Waals surface area contributed by atoms with Crippen molar-refractivity contribution >= 4 is 29.1 Å². The molecule has 2 aromatic carbocycles. The first-order chi connectivity index (χ1) is 15.9. The van der Waals surface area contributed by atoms with Crippen molar-refractivity contribution in [3.8, 4) is 17.2 Å². The van der Waals surface area contributed by atoms with Gasteiger partial charge < -0.3 is 24.2 Å². The van der Waals surface area contributed by atoms with Gasteiger partial charge in [-0.05, 0) is 56.2 Å². The van der Waals surface area contributed by atoms with Crippen molar-refractivity contribution < 1.29 is 28.9 Å². The number of benzene rings is 2. The first kappa shape index (κ1) is 24.5. The average molecular weight is 474 g/mol. The lowest BCUT2D eigenvalue weighted by molar-refractivity contribution is -0.139. The summed E-state index contributed by atoms with van der Waals surface area (Å²) in [5, 5.41) is 11.6. The van der Waals surface area contributed by atoms with E-state index in [0.717, 1.165) is 0 Å². The maximum atomic E-state index is 13.1. The zero-order chi connectivity index (χ0) is 24.1. The second-order valence-electron chi connectivity index (χ2n) is 7.41. The Morgan fingerprint density at radius 1 is 1.00 bits per heavy atom. The van der Waals surface area contributed by atoms with Crippen LogP contribution < -0.4 is 14.2 Å². The number of aliphatic hydroxyl groups is 1. The van der Waals surface area contributed by atoms with Crippen LogP contribution in [0.3, 0.4) is 0 Å². The van der Waals surface area contributed by atoms with Gasteiger partial charge in [-0.1, -0.05) is 24.6 Å². The van der Waals surface area contributed by atoms with Crippen LogP contribution in [0.2, 0.25) is 5.02 Å². The number of methoxy groups -OCH3 is 1. The average Bonchev–Trinajstić information content (AvgIpc) is 3.06. The third kappa shape index (κ3) is 4.78. The third-order valence-corrected chi connectivity index (χ3v) is 5.62. The summed E-state index contributed by atoms with van der Waals surface area (Å²) in [6.07, 6.45) is 0.646. The number of ketones is 1. The summed E-state index contributed by atoms with van der Waals surface area (Å²) in [6, 6.07) is 9.19. The molecule has 1 aliphatic rings. The van der Waals surface area contributed by atoms with Gasteiger partial charge in [0, 0.05) is 12.1 Å². The van der Waals surface area contributed by atoms with Crippen LogP contribution in [-0.4, -0.2) is 48.6 Å². The number of carbonyl (C=O) groups is 2. The van der Waals surface area contributed by atoms with Gasteiger partial charge in [-0.2, -0.15) is 0 Å². The van der Waals surface area contributed by atoms with Crippen molar-refractivity contribution in [2.24, 2.45) is 0 Å². The van der Waals surface area contributed by atoms with E-state index in [9.17, 15) is 14.7 Å². The van der Waals surface area contributed by atoms with E-state index in [1.165, 1.54) is 12.0 Å². The number of halogens is 1. The van der Waals surface area contributed by atoms with Crippen LogP contribution in [0.5, 0.6) is 17.2 Å². The zero-order valence-electron chi connectivity index (χ0n) is 19.2. The van der Waals surface area contributed by atoms with E-state index in [1.54, 1.807) is 36.4 Å². The molecular weight excluding hydrogens is 446 g/mol. The van der Waals surface area contributed by atoms with Gasteiger partial charge in [-0.3, -0.25) is 9.59 Å². The minimum Gasteiger partial charge on any atom is -0.507 e. The Morgan fingerprint density at radius 2 is 1.70 bits per heavy atom. The molecule has 1 atom stereocenters. The quantitative estimate of drug-likeness (QED) is 0.314. The minimum absolute atomic E-state index is 0.00411. The summed E-state index contributed by atoms with van der Waals surface area (Å²) in [7, 11) is 1.52. The van der Waals surface area contributed by atoms with Gasteiger partial charge in [-0.15, -0.1) is 0 Å². The number of Topliss-reactive ketones (excluding diaryl/α,β-unsaturated/α-hetero) is 1. The largest absolute Gasteiger partial charge is 0.507 e. The number of amides is 1. The molecule has 176 valence electrons. The molecule has 1 N–H and O–H groups in total. The molecule has 0 saturated carbocycles. The van der Waals surface area contributed by atoms with Crippen molar-refractivity contribution in [3.05, 3.63) is 58.1 Å². The van der Waals surface area contributed by atoms with Gasteiger partial charge in [0.05, 0.1) is 37.0 Å². The third-order valence-electron chi connectivity index (χ3n) is 5.31. The number of likely N-dealkylation sites (tertiary alicyclic amines) is 1. The second-order valence-corrected chi connectivity index (χ2v) is 7.82. The lowest BCUT2D eigenvalue weighted by Crippen LogP contribution is -2.30. The van der Waals surface area contributed by atoms with E-state index in [4.69, 9.17) is 25.8 Å². The van der Waals surface area contributed by atoms with E-state index >= 15 is 0 Å². The molecule has 2 aromatic rings. The molecule has 1 aliphatic heterocycles. The summed E-state index contributed by atoms with van der Waals surface area (Å²) in [5.41, 5.74) is 0.966. The molecule has 0 aromatic heterocycles. The van der Waals surface area contributed by atoms with Gasteiger partial charge in [0.15, 0.2) is 11.5 Å². The molecule has 1 amide bonds. The van der Waals surface area contributed by atoms with Gasteiger partial charge in [0.2, 0.25) is 0 Å². The summed E-state index contributed by atoms with van der Waals surface area (Å²) in [4.78, 5) is 27.4. The van der Waals surface area contributed by atoms with E-state index < -0.39 is 17.7 Å². The van der Waals surface area contributed by atoms with Crippen LogP contribution in [0.1, 0.15) is 44.4 Å². The van der Waals surface area contributed by atoms with Crippen molar-refractivity contribution in [2.75, 3.05) is 26.9 Å². The summed E-state index contributed by atoms with van der Waals surface area (Å²) in [5.74, 6) is -0.286. The maximum Gasteiger partial charge on any atom is 0.295 e. The number of rotatable bonds is 9. The molecule has 1 saturated heterocycles. The predicted molar refractivity (Wildman–Crippen MR) is 126 cm³/mol. The van der Waals surface area contributed by atoms with E-state index in [2.05, 4.69) is 0 Å². The Bertz CT molecular complexity index is 1080. The molecule has 0 bridgehead atoms. The Balaban J connectivity index is 2.19. The number of hydrogen-bond acceptors (Lipinski definition) is 6. The van der Waals surface area contributed by atoms with Crippen LogP contribution in [0, 0.1) is 0 Å². The molecule has 0 spiro atoms. The Kier molecular flexibility index (Phi) is 7.87. The van der Waals surface area contributed by atoms with E-state index in [0.29, 0.717) is 59.6 Å². The number of nitrogens with zero attached hydrogens (tertiary/aromatic N) is 1. The SMILES string of the molecule is CCCN1C(=O)C(=O)/C(=C(\O)c2ccc(Cl)c(OCC)c2)C1c1ccc(OCC)c(OC)c1. The van der Waals surface area contributed by atoms with Gasteiger partial charge in [0.1, 0.15) is 11.5 Å². The molecule has 33 heavy (non-hydrogen) atoms. The fourth-order valence-corrected chi connectivity index (χ4v) is 4.07. The molecule has 3 rings (SSSR count). The van der Waals surface area contributed by atoms with E-state index in [1.807, 2.05) is 20.8 Å². The van der Waals surface area contributed by atoms with Crippen molar-refractivity contribution in [1.29, 1.82) is 0 Å². The maximum absolute atomic E-state index is 13.1. The molecular formula is C25H28ClNO6. The van der Waals surface area contributed by atoms with Crippen LogP contribution in [0.4, 0.5) is 0 Å². The fraction of sp³-hybridized carbons (Fsp3) is 0.360. The molecule has 1 unspecified atom stereocenters. The summed E-state index contributed by atoms with van der Waals surface area (Å²) >= 11 is 6.18. The topological polar surface area (TPSA) is 85.3 Å². The molecule has 1 fully saturated rings. The molecule has 0 aliphatic carbocycles. The van der Waals surface area contributed by atoms with Crippen LogP contribution in [-0.2, 0) is 9.59 Å². The smallest absolute Gasteiger partial charge is 0.295 e. The zero-order valence-corrected chi connectivity index (χ0v) is 19.9. The van der Waals surface area contributed by atoms with Crippen LogP contribution in [0.15, 0.2) is 42.0 Å². The van der Waals surface area contributed by atoms with Crippen molar-refractivity contribution in [3.63, 3.8) is 0 Å². The standard InChI is InChI=1S/C25H28ClNO6/c1-5-12-27-22(15-9-11-18(32-6-2)20(13-15)31-4)21(24(29)25(27)30)23(28)16-8-10-17(26)19(14-16)33-7-3/h8-11,13-14,22,28H,5-7,12H2,1-4H3/b23-21-. The van der Waals surface area contributed by atoms with Gasteiger partial charge >= 0.3 is 0 Å². The summed E-state index contributed by atoms with van der Waals surface area (Å²) < 4.78 is 16.6. The van der Waals surface area contributed by atoms with Crippen LogP contribution >= 0.6 is 11.6 Å². The highest BCUT2D eigenvalue weighted by molar-refractivity contribution is 6.46. The molecule has 1 heterocycles. The molecule has 8 heteroatoms. The Hall–Kier alpha value is -3.19. The number of aliphatic hydroxyl groups excluding tert-OH is 1. The highest BCUT2D eigenvalue weighted by Gasteiger charge is 2.46. The Labute approximate surface area is 198 Å². The van der Waals surface area contributed by atoms with Crippen molar-refractivity contribution in [1.82, 2.24) is 4.90 Å². The molecule has 0 radical (unpaired) electrons. The van der Waals surface area contributed by atoms with Gasteiger partial charge in [-0.25, -0.2) is 0 Å². The van der Waals surface area contributed by atoms with Gasteiger partial charge in [0.25, 0.3) is 11.7 Å². The highest BCUT2D eigenvalue weighted by Crippen LogP contribution is 2.42. The Morgan fingerprint density at radius 3 is 2.33 bits per heavy atom. The number of carbonyl (C=O) groups excluding carboxylic acids is 2. The lowest BCUT2D eigenvalue weighted by atomic mass is 9.95. The first-order valence-electron chi connectivity index (χ1n) is 10.9. The monoisotopic (exact) mass is 473 g/mol.